The number of para-hydroxylation sites is 2. The van der Waals surface area contributed by atoms with Gasteiger partial charge in [0.15, 0.2) is 0 Å². The largest absolute Gasteiger partial charge is 0.327 e. The zero-order valence-electron chi connectivity index (χ0n) is 13.9. The Kier molecular flexibility index (Phi) is 4.42. The molecule has 0 bridgehead atoms. The van der Waals surface area contributed by atoms with Crippen LogP contribution >= 0.6 is 0 Å². The average molecular weight is 512 g/mol. The SMILES string of the molecule is [Ir].[c-]1ccc(-n2c3ccccc3c3ccccc32)cc1-c1ccccn1. The van der Waals surface area contributed by atoms with Crippen LogP contribution < -0.4 is 0 Å². The number of aromatic nitrogens is 2. The van der Waals surface area contributed by atoms with Gasteiger partial charge in [0, 0.05) is 37.1 Å². The molecule has 1 radical (unpaired) electrons. The summed E-state index contributed by atoms with van der Waals surface area (Å²) >= 11 is 0. The van der Waals surface area contributed by atoms with Gasteiger partial charge in [-0.2, -0.15) is 0 Å². The van der Waals surface area contributed by atoms with Crippen LogP contribution in [0.5, 0.6) is 0 Å². The summed E-state index contributed by atoms with van der Waals surface area (Å²) in [7, 11) is 0. The first-order valence-electron chi connectivity index (χ1n) is 8.33. The second-order valence-corrected chi connectivity index (χ2v) is 6.05. The van der Waals surface area contributed by atoms with E-state index in [-0.39, 0.29) is 20.1 Å². The third kappa shape index (κ3) is 2.66. The van der Waals surface area contributed by atoms with E-state index < -0.39 is 0 Å². The van der Waals surface area contributed by atoms with Crippen molar-refractivity contribution in [2.75, 3.05) is 0 Å². The summed E-state index contributed by atoms with van der Waals surface area (Å²) < 4.78 is 2.31. The fourth-order valence-electron chi connectivity index (χ4n) is 3.46. The summed E-state index contributed by atoms with van der Waals surface area (Å²) in [4.78, 5) is 4.46. The normalized spacial score (nSPS) is 10.8. The van der Waals surface area contributed by atoms with Crippen molar-refractivity contribution in [2.45, 2.75) is 0 Å². The molecule has 0 aliphatic rings. The van der Waals surface area contributed by atoms with Crippen molar-refractivity contribution < 1.29 is 20.1 Å². The van der Waals surface area contributed by atoms with E-state index in [1.807, 2.05) is 30.5 Å². The first-order valence-corrected chi connectivity index (χ1v) is 8.33. The van der Waals surface area contributed by atoms with Crippen molar-refractivity contribution in [1.29, 1.82) is 0 Å². The molecule has 0 saturated carbocycles. The number of hydrogen-bond acceptors (Lipinski definition) is 1. The standard InChI is InChI=1S/C23H15N2.Ir/c1-3-13-22-19(10-1)20-11-2-4-14-23(20)25(22)18-9-7-8-17(16-18)21-12-5-6-15-24-21;/h1-7,9-16H;/q-1;. The predicted octanol–water partition coefficient (Wildman–Crippen LogP) is 5.64. The van der Waals surface area contributed by atoms with Gasteiger partial charge in [0.1, 0.15) is 0 Å². The summed E-state index contributed by atoms with van der Waals surface area (Å²) in [6.07, 6.45) is 1.82. The molecule has 0 unspecified atom stereocenters. The Morgan fingerprint density at radius 1 is 0.731 bits per heavy atom. The minimum Gasteiger partial charge on any atom is -0.327 e. The molecule has 2 nitrogen and oxygen atoms in total. The van der Waals surface area contributed by atoms with Crippen LogP contribution in [0.25, 0.3) is 38.8 Å². The predicted molar refractivity (Wildman–Crippen MR) is 103 cm³/mol. The second-order valence-electron chi connectivity index (χ2n) is 6.05. The molecule has 2 heterocycles. The van der Waals surface area contributed by atoms with Gasteiger partial charge >= 0.3 is 0 Å². The van der Waals surface area contributed by atoms with E-state index in [9.17, 15) is 0 Å². The molecule has 0 aliphatic heterocycles. The Balaban J connectivity index is 0.00000168. The summed E-state index contributed by atoms with van der Waals surface area (Å²) in [5, 5.41) is 2.54. The number of fused-ring (bicyclic) bond motifs is 3. The van der Waals surface area contributed by atoms with E-state index in [0.717, 1.165) is 16.9 Å². The van der Waals surface area contributed by atoms with E-state index in [1.54, 1.807) is 0 Å². The van der Waals surface area contributed by atoms with E-state index in [4.69, 9.17) is 0 Å². The van der Waals surface area contributed by atoms with E-state index in [0.29, 0.717) is 0 Å². The van der Waals surface area contributed by atoms with Crippen molar-refractivity contribution in [3.63, 3.8) is 0 Å². The monoisotopic (exact) mass is 512 g/mol. The average Bonchev–Trinajstić information content (AvgIpc) is 3.03. The van der Waals surface area contributed by atoms with Gasteiger partial charge in [-0.25, -0.2) is 0 Å². The molecule has 5 rings (SSSR count). The van der Waals surface area contributed by atoms with Crippen molar-refractivity contribution in [3.05, 3.63) is 97.2 Å². The molecule has 0 fully saturated rings. The Morgan fingerprint density at radius 2 is 1.38 bits per heavy atom. The van der Waals surface area contributed by atoms with E-state index >= 15 is 0 Å². The third-order valence-electron chi connectivity index (χ3n) is 4.56. The molecule has 5 aromatic rings. The van der Waals surface area contributed by atoms with Crippen molar-refractivity contribution in [1.82, 2.24) is 9.55 Å². The van der Waals surface area contributed by atoms with Crippen molar-refractivity contribution in [3.8, 4) is 16.9 Å². The zero-order chi connectivity index (χ0) is 16.6. The van der Waals surface area contributed by atoms with Gasteiger partial charge < -0.3 is 9.55 Å². The molecule has 0 N–H and O–H groups in total. The first-order chi connectivity index (χ1) is 12.4. The van der Waals surface area contributed by atoms with E-state index in [2.05, 4.69) is 76.3 Å². The number of hydrogen-bond donors (Lipinski definition) is 0. The molecule has 0 atom stereocenters. The molecule has 0 amide bonds. The first kappa shape index (κ1) is 16.7. The Bertz CT molecular complexity index is 1140. The zero-order valence-corrected chi connectivity index (χ0v) is 16.3. The molecule has 0 saturated heterocycles. The van der Waals surface area contributed by atoms with Gasteiger partial charge in [-0.3, -0.25) is 0 Å². The van der Waals surface area contributed by atoms with Gasteiger partial charge in [-0.15, -0.1) is 29.8 Å². The van der Waals surface area contributed by atoms with Gasteiger partial charge in [-0.05, 0) is 29.6 Å². The smallest absolute Gasteiger partial charge is 0.0523 e. The fraction of sp³-hybridized carbons (Fsp3) is 0. The Morgan fingerprint density at radius 3 is 2.04 bits per heavy atom. The van der Waals surface area contributed by atoms with Gasteiger partial charge in [0.05, 0.1) is 11.0 Å². The molecule has 0 spiro atoms. The third-order valence-corrected chi connectivity index (χ3v) is 4.56. The summed E-state index contributed by atoms with van der Waals surface area (Å²) in [6, 6.07) is 32.6. The maximum Gasteiger partial charge on any atom is 0.0523 e. The van der Waals surface area contributed by atoms with Crippen LogP contribution in [0.2, 0.25) is 0 Å². The number of pyridine rings is 1. The molecular weight excluding hydrogens is 496 g/mol. The maximum atomic E-state index is 4.46. The van der Waals surface area contributed by atoms with Crippen LogP contribution in [0, 0.1) is 6.07 Å². The van der Waals surface area contributed by atoms with Crippen LogP contribution in [-0.2, 0) is 20.1 Å². The topological polar surface area (TPSA) is 17.8 Å². The quantitative estimate of drug-likeness (QED) is 0.281. The van der Waals surface area contributed by atoms with Gasteiger partial charge in [-0.1, -0.05) is 48.5 Å². The van der Waals surface area contributed by atoms with Crippen LogP contribution in [0.4, 0.5) is 0 Å². The molecule has 26 heavy (non-hydrogen) atoms. The molecular formula is C23H15IrN2-. The van der Waals surface area contributed by atoms with Crippen molar-refractivity contribution in [2.24, 2.45) is 0 Å². The van der Waals surface area contributed by atoms with Crippen molar-refractivity contribution >= 4 is 21.8 Å². The van der Waals surface area contributed by atoms with E-state index in [1.165, 1.54) is 21.8 Å². The molecule has 2 aromatic heterocycles. The van der Waals surface area contributed by atoms with Crippen LogP contribution in [0.3, 0.4) is 0 Å². The van der Waals surface area contributed by atoms with Gasteiger partial charge in [0.25, 0.3) is 0 Å². The van der Waals surface area contributed by atoms with Crippen LogP contribution in [0.15, 0.2) is 91.1 Å². The molecule has 3 heteroatoms. The molecule has 0 aliphatic carbocycles. The number of rotatable bonds is 2. The Labute approximate surface area is 165 Å². The molecule has 3 aromatic carbocycles. The summed E-state index contributed by atoms with van der Waals surface area (Å²) in [5.41, 5.74) is 5.48. The summed E-state index contributed by atoms with van der Waals surface area (Å²) in [5.74, 6) is 0. The maximum absolute atomic E-state index is 4.46. The van der Waals surface area contributed by atoms with Gasteiger partial charge in [0.2, 0.25) is 0 Å². The van der Waals surface area contributed by atoms with Crippen LogP contribution in [0.1, 0.15) is 0 Å². The Hall–Kier alpha value is -2.74. The minimum atomic E-state index is 0. The number of benzene rings is 3. The van der Waals surface area contributed by atoms with Crippen LogP contribution in [-0.4, -0.2) is 9.55 Å². The summed E-state index contributed by atoms with van der Waals surface area (Å²) in [6.45, 7) is 0. The fourth-order valence-corrected chi connectivity index (χ4v) is 3.46. The number of nitrogens with zero attached hydrogens (tertiary/aromatic N) is 2. The second kappa shape index (κ2) is 6.87. The molecule has 127 valence electrons. The minimum absolute atomic E-state index is 0.